The second-order valence-corrected chi connectivity index (χ2v) is 7.14. The Morgan fingerprint density at radius 2 is 1.92 bits per heavy atom. The fourth-order valence-electron chi connectivity index (χ4n) is 2.58. The lowest BCUT2D eigenvalue weighted by Crippen LogP contribution is -2.54. The largest absolute Gasteiger partial charge is 0.474 e. The van der Waals surface area contributed by atoms with Crippen molar-refractivity contribution in [3.63, 3.8) is 0 Å². The van der Waals surface area contributed by atoms with Gasteiger partial charge in [0.15, 0.2) is 17.2 Å². The maximum atomic E-state index is 12.7. The van der Waals surface area contributed by atoms with Gasteiger partial charge in [-0.15, -0.1) is 0 Å². The maximum Gasteiger partial charge on any atom is 0.272 e. The summed E-state index contributed by atoms with van der Waals surface area (Å²) in [4.78, 5) is 30.6. The van der Waals surface area contributed by atoms with Crippen molar-refractivity contribution in [2.75, 3.05) is 22.5 Å². The van der Waals surface area contributed by atoms with Crippen LogP contribution in [0.15, 0.2) is 30.3 Å². The van der Waals surface area contributed by atoms with Gasteiger partial charge in [-0.05, 0) is 44.2 Å². The number of nitrogen functional groups attached to an aromatic ring is 1. The molecule has 0 saturated carbocycles. The van der Waals surface area contributed by atoms with Gasteiger partial charge in [0.2, 0.25) is 5.91 Å². The number of aromatic nitrogens is 1. The molecule has 0 atom stereocenters. The summed E-state index contributed by atoms with van der Waals surface area (Å²) in [5.41, 5.74) is 5.00. The molecular weight excluding hydrogens is 379 g/mol. The van der Waals surface area contributed by atoms with Gasteiger partial charge in [-0.3, -0.25) is 14.5 Å². The normalized spacial score (nSPS) is 15.2. The van der Waals surface area contributed by atoms with Crippen LogP contribution in [0.3, 0.4) is 0 Å². The lowest BCUT2D eigenvalue weighted by Gasteiger charge is -2.37. The van der Waals surface area contributed by atoms with E-state index in [1.165, 1.54) is 4.90 Å². The van der Waals surface area contributed by atoms with E-state index in [0.717, 1.165) is 0 Å². The first-order valence-corrected chi connectivity index (χ1v) is 8.45. The predicted octanol–water partition coefficient (Wildman–Crippen LogP) is 3.11. The quantitative estimate of drug-likeness (QED) is 0.833. The molecule has 26 heavy (non-hydrogen) atoms. The Labute approximate surface area is 160 Å². The molecule has 1 aromatic carbocycles. The van der Waals surface area contributed by atoms with Crippen LogP contribution in [0.2, 0.25) is 10.0 Å². The molecule has 2 heterocycles. The standard InChI is InChI=1S/C17H16Cl2N4O3/c1-17(2)16(25)23(15-12(26-17)3-4-13(20)22-15)8-14(24)21-11-6-9(18)5-10(19)7-11/h3-7H,8H2,1-2H3,(H2,20,22)(H,21,24). The number of rotatable bonds is 3. The molecule has 0 bridgehead atoms. The van der Waals surface area contributed by atoms with Crippen molar-refractivity contribution in [2.24, 2.45) is 0 Å². The predicted molar refractivity (Wildman–Crippen MR) is 101 cm³/mol. The van der Waals surface area contributed by atoms with Gasteiger partial charge in [0.05, 0.1) is 0 Å². The molecule has 136 valence electrons. The average molecular weight is 395 g/mol. The lowest BCUT2D eigenvalue weighted by atomic mass is 10.1. The number of anilines is 3. The van der Waals surface area contributed by atoms with Crippen molar-refractivity contribution in [1.29, 1.82) is 0 Å². The van der Waals surface area contributed by atoms with Gasteiger partial charge in [0, 0.05) is 15.7 Å². The average Bonchev–Trinajstić information content (AvgIpc) is 2.51. The molecule has 3 N–H and O–H groups in total. The van der Waals surface area contributed by atoms with Crippen LogP contribution in [-0.2, 0) is 9.59 Å². The highest BCUT2D eigenvalue weighted by Gasteiger charge is 2.42. The summed E-state index contributed by atoms with van der Waals surface area (Å²) in [6.07, 6.45) is 0. The van der Waals surface area contributed by atoms with Crippen LogP contribution in [0.4, 0.5) is 17.3 Å². The van der Waals surface area contributed by atoms with Gasteiger partial charge in [-0.2, -0.15) is 0 Å². The number of nitrogens with one attached hydrogen (secondary N) is 1. The lowest BCUT2D eigenvalue weighted by molar-refractivity contribution is -0.133. The van der Waals surface area contributed by atoms with Crippen molar-refractivity contribution >= 4 is 52.3 Å². The van der Waals surface area contributed by atoms with Crippen molar-refractivity contribution in [1.82, 2.24) is 4.98 Å². The molecule has 2 aromatic rings. The van der Waals surface area contributed by atoms with Crippen molar-refractivity contribution in [3.05, 3.63) is 40.4 Å². The molecule has 2 amide bonds. The van der Waals surface area contributed by atoms with E-state index in [2.05, 4.69) is 10.3 Å². The van der Waals surface area contributed by atoms with Gasteiger partial charge < -0.3 is 15.8 Å². The van der Waals surface area contributed by atoms with Gasteiger partial charge in [-0.1, -0.05) is 23.2 Å². The van der Waals surface area contributed by atoms with E-state index in [1.54, 1.807) is 44.2 Å². The third-order valence-corrected chi connectivity index (χ3v) is 4.13. The van der Waals surface area contributed by atoms with Gasteiger partial charge in [-0.25, -0.2) is 4.98 Å². The zero-order valence-electron chi connectivity index (χ0n) is 14.0. The molecule has 1 aliphatic rings. The van der Waals surface area contributed by atoms with Crippen LogP contribution in [0, 0.1) is 0 Å². The summed E-state index contributed by atoms with van der Waals surface area (Å²) in [7, 11) is 0. The molecule has 3 rings (SSSR count). The van der Waals surface area contributed by atoms with E-state index < -0.39 is 17.4 Å². The summed E-state index contributed by atoms with van der Waals surface area (Å²) < 4.78 is 5.67. The number of pyridine rings is 1. The highest BCUT2D eigenvalue weighted by Crippen LogP contribution is 2.36. The zero-order chi connectivity index (χ0) is 19.1. The smallest absolute Gasteiger partial charge is 0.272 e. The topological polar surface area (TPSA) is 97.6 Å². The molecule has 0 fully saturated rings. The molecule has 1 aliphatic heterocycles. The Hall–Kier alpha value is -2.51. The number of nitrogens with two attached hydrogens (primary N) is 1. The molecule has 1 aromatic heterocycles. The van der Waals surface area contributed by atoms with Crippen LogP contribution < -0.4 is 20.7 Å². The summed E-state index contributed by atoms with van der Waals surface area (Å²) in [6.45, 7) is 2.98. The van der Waals surface area contributed by atoms with Crippen LogP contribution >= 0.6 is 23.2 Å². The number of carbonyl (C=O) groups excluding carboxylic acids is 2. The van der Waals surface area contributed by atoms with Gasteiger partial charge in [0.1, 0.15) is 12.4 Å². The van der Waals surface area contributed by atoms with E-state index in [1.807, 2.05) is 0 Å². The fraction of sp³-hybridized carbons (Fsp3) is 0.235. The Kier molecular flexibility index (Phi) is 4.68. The molecule has 0 saturated heterocycles. The fourth-order valence-corrected chi connectivity index (χ4v) is 3.11. The van der Waals surface area contributed by atoms with Crippen LogP contribution in [0.25, 0.3) is 0 Å². The number of hydrogen-bond donors (Lipinski definition) is 2. The summed E-state index contributed by atoms with van der Waals surface area (Å²) in [5.74, 6) is -0.0465. The van der Waals surface area contributed by atoms with Gasteiger partial charge >= 0.3 is 0 Å². The molecular formula is C17H16Cl2N4O3. The Bertz CT molecular complexity index is 881. The van der Waals surface area contributed by atoms with Crippen LogP contribution in [0.1, 0.15) is 13.8 Å². The number of hydrogen-bond acceptors (Lipinski definition) is 5. The van der Waals surface area contributed by atoms with E-state index in [-0.39, 0.29) is 18.2 Å². The van der Waals surface area contributed by atoms with Gasteiger partial charge in [0.25, 0.3) is 5.91 Å². The second kappa shape index (κ2) is 6.66. The van der Waals surface area contributed by atoms with E-state index in [0.29, 0.717) is 21.5 Å². The van der Waals surface area contributed by atoms with Crippen LogP contribution in [-0.4, -0.2) is 28.9 Å². The SMILES string of the molecule is CC1(C)Oc2ccc(N)nc2N(CC(=O)Nc2cc(Cl)cc(Cl)c2)C1=O. The molecule has 0 radical (unpaired) electrons. The first kappa shape index (κ1) is 18.3. The molecule has 0 spiro atoms. The number of amides is 2. The number of benzene rings is 1. The zero-order valence-corrected chi connectivity index (χ0v) is 15.6. The number of fused-ring (bicyclic) bond motifs is 1. The van der Waals surface area contributed by atoms with Crippen molar-refractivity contribution < 1.29 is 14.3 Å². The highest BCUT2D eigenvalue weighted by molar-refractivity contribution is 6.35. The summed E-state index contributed by atoms with van der Waals surface area (Å²) >= 11 is 11.9. The minimum absolute atomic E-state index is 0.202. The highest BCUT2D eigenvalue weighted by atomic mass is 35.5. The molecule has 7 nitrogen and oxygen atoms in total. The molecule has 9 heteroatoms. The Morgan fingerprint density at radius 1 is 1.27 bits per heavy atom. The third kappa shape index (κ3) is 3.68. The van der Waals surface area contributed by atoms with E-state index in [9.17, 15) is 9.59 Å². The second-order valence-electron chi connectivity index (χ2n) is 6.27. The number of carbonyl (C=O) groups is 2. The van der Waals surface area contributed by atoms with Crippen LogP contribution in [0.5, 0.6) is 5.75 Å². The number of halogens is 2. The molecule has 0 aliphatic carbocycles. The van der Waals surface area contributed by atoms with E-state index in [4.69, 9.17) is 33.7 Å². The summed E-state index contributed by atoms with van der Waals surface area (Å²) in [6, 6.07) is 7.85. The minimum atomic E-state index is -1.13. The van der Waals surface area contributed by atoms with Crippen molar-refractivity contribution in [3.8, 4) is 5.75 Å². The van der Waals surface area contributed by atoms with Crippen molar-refractivity contribution in [2.45, 2.75) is 19.4 Å². The molecule has 0 unspecified atom stereocenters. The Morgan fingerprint density at radius 3 is 2.58 bits per heavy atom. The maximum absolute atomic E-state index is 12.7. The van der Waals surface area contributed by atoms with E-state index >= 15 is 0 Å². The number of nitrogens with zero attached hydrogens (tertiary/aromatic N) is 2. The summed E-state index contributed by atoms with van der Waals surface area (Å²) in [5, 5.41) is 3.43. The minimum Gasteiger partial charge on any atom is -0.474 e. The first-order chi connectivity index (χ1) is 12.2. The third-order valence-electron chi connectivity index (χ3n) is 3.69. The monoisotopic (exact) mass is 394 g/mol. The first-order valence-electron chi connectivity index (χ1n) is 7.69. The number of ether oxygens (including phenoxy) is 1. The Balaban J connectivity index is 1.86.